The van der Waals surface area contributed by atoms with Crippen LogP contribution in [0.15, 0.2) is 12.4 Å². The Hall–Kier alpha value is -2.16. The van der Waals surface area contributed by atoms with E-state index in [9.17, 15) is 40.2 Å². The Kier molecular flexibility index (Phi) is 6.05. The Morgan fingerprint density at radius 3 is 2.00 bits per heavy atom. The second kappa shape index (κ2) is 7.47. The first kappa shape index (κ1) is 25.1. The minimum absolute atomic E-state index is 0.177. The molecule has 0 aliphatic heterocycles. The molecule has 0 unspecified atom stereocenters. The Morgan fingerprint density at radius 2 is 1.55 bits per heavy atom. The molecule has 6 nitrogen and oxygen atoms in total. The van der Waals surface area contributed by atoms with Crippen molar-refractivity contribution in [1.29, 1.82) is 0 Å². The highest BCUT2D eigenvalue weighted by atomic mass is 19.4. The molecule has 2 rings (SSSR count). The summed E-state index contributed by atoms with van der Waals surface area (Å²) in [4.78, 5) is 0. The summed E-state index contributed by atoms with van der Waals surface area (Å²) < 4.78 is 113. The fraction of sp³-hybridized carbons (Fsp3) is 0.625. The highest BCUT2D eigenvalue weighted by Gasteiger charge is 2.64. The lowest BCUT2D eigenvalue weighted by Gasteiger charge is -2.37. The Bertz CT molecular complexity index is 941. The fourth-order valence-corrected chi connectivity index (χ4v) is 2.38. The lowest BCUT2D eigenvalue weighted by atomic mass is 9.84. The molecule has 2 heterocycles. The van der Waals surface area contributed by atoms with Gasteiger partial charge in [0.15, 0.2) is 11.5 Å². The first-order valence-corrected chi connectivity index (χ1v) is 8.69. The van der Waals surface area contributed by atoms with Gasteiger partial charge in [-0.25, -0.2) is 9.36 Å². The van der Waals surface area contributed by atoms with Gasteiger partial charge in [0.2, 0.25) is 0 Å². The van der Waals surface area contributed by atoms with Crippen LogP contribution in [0.4, 0.5) is 35.1 Å². The molecule has 2 aromatic rings. The predicted octanol–water partition coefficient (Wildman–Crippen LogP) is 2.82. The van der Waals surface area contributed by atoms with Crippen LogP contribution in [0.2, 0.25) is 0 Å². The van der Waals surface area contributed by atoms with E-state index in [1.165, 1.54) is 13.8 Å². The number of alkyl halides is 8. The van der Waals surface area contributed by atoms with E-state index in [0.29, 0.717) is 4.68 Å². The fourth-order valence-electron chi connectivity index (χ4n) is 2.38. The topological polar surface area (TPSA) is 65.1 Å². The van der Waals surface area contributed by atoms with E-state index in [4.69, 9.17) is 4.65 Å². The molecular weight excluding hydrogens is 443 g/mol. The first-order chi connectivity index (χ1) is 13.7. The van der Waals surface area contributed by atoms with Crippen molar-refractivity contribution < 1.29 is 44.9 Å². The summed E-state index contributed by atoms with van der Waals surface area (Å²) in [6, 6.07) is 0. The number of aryl methyl sites for hydroxylation is 1. The van der Waals surface area contributed by atoms with Crippen molar-refractivity contribution in [3.63, 3.8) is 0 Å². The van der Waals surface area contributed by atoms with Gasteiger partial charge < -0.3 is 9.76 Å². The summed E-state index contributed by atoms with van der Waals surface area (Å²) in [7, 11) is 0.553. The number of halogens is 8. The van der Waals surface area contributed by atoms with Crippen LogP contribution >= 0.6 is 0 Å². The van der Waals surface area contributed by atoms with E-state index < -0.39 is 46.6 Å². The van der Waals surface area contributed by atoms with Crippen molar-refractivity contribution >= 4 is 12.9 Å². The van der Waals surface area contributed by atoms with Crippen molar-refractivity contribution in [3.05, 3.63) is 23.7 Å². The number of aliphatic hydroxyl groups is 1. The van der Waals surface area contributed by atoms with Crippen LogP contribution in [0.5, 0.6) is 0 Å². The summed E-state index contributed by atoms with van der Waals surface area (Å²) in [6.45, 7) is 6.08. The number of nitrogens with zero attached hydrogens (tertiary/aromatic N) is 4. The first-order valence-electron chi connectivity index (χ1n) is 8.69. The zero-order valence-electron chi connectivity index (χ0n) is 17.0. The quantitative estimate of drug-likeness (QED) is 0.530. The lowest BCUT2D eigenvalue weighted by Crippen LogP contribution is -2.49. The molecule has 2 aromatic heterocycles. The van der Waals surface area contributed by atoms with E-state index in [2.05, 4.69) is 10.2 Å². The van der Waals surface area contributed by atoms with Crippen LogP contribution in [0, 0.1) is 0 Å². The summed E-state index contributed by atoms with van der Waals surface area (Å²) in [5, 5.41) is 16.5. The van der Waals surface area contributed by atoms with Gasteiger partial charge in [0.1, 0.15) is 5.56 Å². The van der Waals surface area contributed by atoms with Gasteiger partial charge in [-0.15, -0.1) is 0 Å². The van der Waals surface area contributed by atoms with Gasteiger partial charge in [-0.3, -0.25) is 0 Å². The van der Waals surface area contributed by atoms with Crippen LogP contribution in [-0.2, 0) is 23.8 Å². The average Bonchev–Trinajstić information content (AvgIpc) is 3.14. The SMILES string of the molecule is Cn1nc(C(F)(F)C(F)(F)F)c(C(F)(F)F)c1-n1cc(BOC(C)(C)C(C)(C)O)cn1. The minimum atomic E-state index is -6.29. The molecule has 0 aliphatic carbocycles. The lowest BCUT2D eigenvalue weighted by molar-refractivity contribution is -0.292. The molecule has 0 spiro atoms. The van der Waals surface area contributed by atoms with Gasteiger partial charge in [0.05, 0.1) is 11.2 Å². The molecule has 0 saturated heterocycles. The van der Waals surface area contributed by atoms with Gasteiger partial charge in [-0.05, 0) is 33.2 Å². The summed E-state index contributed by atoms with van der Waals surface area (Å²) >= 11 is 0. The number of aromatic nitrogens is 4. The second-order valence-corrected chi connectivity index (χ2v) is 7.89. The highest BCUT2D eigenvalue weighted by molar-refractivity contribution is 6.46. The van der Waals surface area contributed by atoms with Crippen molar-refractivity contribution in [3.8, 4) is 5.82 Å². The van der Waals surface area contributed by atoms with Crippen molar-refractivity contribution in [2.45, 2.75) is 57.2 Å². The van der Waals surface area contributed by atoms with E-state index in [1.807, 2.05) is 0 Å². The van der Waals surface area contributed by atoms with E-state index in [1.54, 1.807) is 13.8 Å². The molecule has 0 radical (unpaired) electrons. The number of hydrogen-bond donors (Lipinski definition) is 1. The molecule has 0 atom stereocenters. The predicted molar refractivity (Wildman–Crippen MR) is 93.5 cm³/mol. The van der Waals surface area contributed by atoms with Crippen LogP contribution < -0.4 is 5.46 Å². The Labute approximate surface area is 172 Å². The summed E-state index contributed by atoms with van der Waals surface area (Å²) in [6.07, 6.45) is -9.85. The zero-order chi connectivity index (χ0) is 24.2. The van der Waals surface area contributed by atoms with Crippen molar-refractivity contribution in [2.24, 2.45) is 7.05 Å². The third-order valence-corrected chi connectivity index (χ3v) is 4.88. The summed E-state index contributed by atoms with van der Waals surface area (Å²) in [5.41, 5.74) is -6.92. The normalized spacial score (nSPS) is 14.3. The maximum Gasteiger partial charge on any atom is 0.459 e. The maximum absolute atomic E-state index is 13.8. The molecule has 0 bridgehead atoms. The number of hydrogen-bond acceptors (Lipinski definition) is 4. The van der Waals surface area contributed by atoms with Crippen LogP contribution in [0.1, 0.15) is 39.0 Å². The average molecular weight is 462 g/mol. The molecule has 0 aliphatic rings. The molecule has 174 valence electrons. The molecule has 0 saturated carbocycles. The Balaban J connectivity index is 2.52. The molecule has 1 N–H and O–H groups in total. The second-order valence-electron chi connectivity index (χ2n) is 7.89. The van der Waals surface area contributed by atoms with Crippen LogP contribution in [0.3, 0.4) is 0 Å². The van der Waals surface area contributed by atoms with Gasteiger partial charge in [0, 0.05) is 19.4 Å². The molecular formula is C16H19BF8N4O2. The molecule has 0 amide bonds. The smallest absolute Gasteiger partial charge is 0.427 e. The third kappa shape index (κ3) is 4.71. The molecule has 31 heavy (non-hydrogen) atoms. The van der Waals surface area contributed by atoms with Gasteiger partial charge in [-0.1, -0.05) is 0 Å². The number of rotatable bonds is 6. The van der Waals surface area contributed by atoms with E-state index in [0.717, 1.165) is 19.4 Å². The highest BCUT2D eigenvalue weighted by Crippen LogP contribution is 2.49. The Morgan fingerprint density at radius 1 is 1.00 bits per heavy atom. The zero-order valence-corrected chi connectivity index (χ0v) is 17.0. The van der Waals surface area contributed by atoms with Gasteiger partial charge in [-0.2, -0.15) is 45.3 Å². The standard InChI is InChI=1S/C16H19BF8N4O2/c1-12(2,30)13(3,4)31-17-8-6-26-29(7-8)11-9(15(20,21)22)10(27-28(11)5)14(18,19)16(23,24)25/h6-7,17,30H,1-5H3. The van der Waals surface area contributed by atoms with Crippen molar-refractivity contribution in [2.75, 3.05) is 0 Å². The maximum atomic E-state index is 13.8. The minimum Gasteiger partial charge on any atom is -0.427 e. The van der Waals surface area contributed by atoms with Crippen LogP contribution in [0.25, 0.3) is 5.82 Å². The monoisotopic (exact) mass is 462 g/mol. The van der Waals surface area contributed by atoms with Gasteiger partial charge in [0.25, 0.3) is 0 Å². The van der Waals surface area contributed by atoms with E-state index in [-0.39, 0.29) is 17.6 Å². The van der Waals surface area contributed by atoms with Crippen LogP contribution in [-0.4, -0.2) is 49.5 Å². The van der Waals surface area contributed by atoms with E-state index >= 15 is 0 Å². The summed E-state index contributed by atoms with van der Waals surface area (Å²) in [5.74, 6) is -6.97. The largest absolute Gasteiger partial charge is 0.459 e. The molecule has 0 fully saturated rings. The molecule has 0 aromatic carbocycles. The molecule has 15 heteroatoms. The van der Waals surface area contributed by atoms with Gasteiger partial charge >= 0.3 is 25.8 Å². The third-order valence-electron chi connectivity index (χ3n) is 4.88. The van der Waals surface area contributed by atoms with Crippen molar-refractivity contribution in [1.82, 2.24) is 19.6 Å².